The van der Waals surface area contributed by atoms with Crippen molar-refractivity contribution in [3.8, 4) is 11.5 Å². The Hall–Kier alpha value is -2.54. The Morgan fingerprint density at radius 1 is 1.17 bits per heavy atom. The first-order chi connectivity index (χ1) is 14.0. The predicted octanol–water partition coefficient (Wildman–Crippen LogP) is 4.71. The maximum Gasteiger partial charge on any atom is 0.341 e. The summed E-state index contributed by atoms with van der Waals surface area (Å²) in [5, 5.41) is 3.49. The Bertz CT molecular complexity index is 905. The van der Waals surface area contributed by atoms with Crippen LogP contribution in [0, 0.1) is 5.92 Å². The zero-order valence-corrected chi connectivity index (χ0v) is 18.1. The van der Waals surface area contributed by atoms with Gasteiger partial charge in [0.1, 0.15) is 5.00 Å². The summed E-state index contributed by atoms with van der Waals surface area (Å²) in [6.45, 7) is 4.27. The Kier molecular flexibility index (Phi) is 6.79. The molecule has 1 aromatic heterocycles. The molecule has 0 saturated carbocycles. The summed E-state index contributed by atoms with van der Waals surface area (Å²) in [7, 11) is 3.07. The summed E-state index contributed by atoms with van der Waals surface area (Å²) >= 11 is 1.49. The number of rotatable bonds is 7. The van der Waals surface area contributed by atoms with Crippen molar-refractivity contribution in [1.29, 1.82) is 0 Å². The van der Waals surface area contributed by atoms with E-state index < -0.39 is 0 Å². The summed E-state index contributed by atoms with van der Waals surface area (Å²) in [4.78, 5) is 26.7. The van der Waals surface area contributed by atoms with Crippen molar-refractivity contribution in [3.05, 3.63) is 39.8 Å². The van der Waals surface area contributed by atoms with E-state index in [-0.39, 0.29) is 11.9 Å². The van der Waals surface area contributed by atoms with E-state index in [0.29, 0.717) is 40.2 Å². The highest BCUT2D eigenvalue weighted by atomic mass is 32.1. The molecule has 1 aliphatic carbocycles. The molecule has 29 heavy (non-hydrogen) atoms. The number of benzene rings is 1. The third kappa shape index (κ3) is 4.40. The minimum absolute atomic E-state index is 0.296. The fourth-order valence-corrected chi connectivity index (χ4v) is 5.01. The van der Waals surface area contributed by atoms with Gasteiger partial charge < -0.3 is 19.5 Å². The molecule has 6 nitrogen and oxygen atoms in total. The molecule has 1 heterocycles. The van der Waals surface area contributed by atoms with Gasteiger partial charge in [-0.15, -0.1) is 11.3 Å². The Morgan fingerprint density at radius 2 is 1.93 bits per heavy atom. The number of anilines is 1. The Morgan fingerprint density at radius 3 is 2.59 bits per heavy atom. The first-order valence-corrected chi connectivity index (χ1v) is 10.7. The lowest BCUT2D eigenvalue weighted by atomic mass is 9.85. The lowest BCUT2D eigenvalue weighted by Crippen LogP contribution is -2.17. The first kappa shape index (κ1) is 21.2. The molecule has 1 N–H and O–H groups in total. The molecule has 0 aliphatic heterocycles. The van der Waals surface area contributed by atoms with E-state index in [4.69, 9.17) is 14.2 Å². The van der Waals surface area contributed by atoms with E-state index in [1.807, 2.05) is 0 Å². The van der Waals surface area contributed by atoms with Crippen LogP contribution in [-0.2, 0) is 17.6 Å². The average Bonchev–Trinajstić information content (AvgIpc) is 3.09. The summed E-state index contributed by atoms with van der Waals surface area (Å²) < 4.78 is 15.8. The van der Waals surface area contributed by atoms with Crippen molar-refractivity contribution in [2.24, 2.45) is 5.92 Å². The lowest BCUT2D eigenvalue weighted by molar-refractivity contribution is 0.0526. The number of esters is 1. The minimum atomic E-state index is -0.373. The van der Waals surface area contributed by atoms with Gasteiger partial charge in [-0.05, 0) is 55.9 Å². The molecular formula is C22H27NO5S. The molecule has 1 aromatic carbocycles. The predicted molar refractivity (Wildman–Crippen MR) is 114 cm³/mol. The molecule has 1 atom stereocenters. The van der Waals surface area contributed by atoms with Crippen LogP contribution in [0.15, 0.2) is 18.2 Å². The van der Waals surface area contributed by atoms with Crippen LogP contribution in [0.2, 0.25) is 0 Å². The first-order valence-electron chi connectivity index (χ1n) is 9.87. The molecular weight excluding hydrogens is 390 g/mol. The molecule has 7 heteroatoms. The standard InChI is InChI=1S/C22H27NO5S/c1-5-13-7-9-15-18(11-13)29-21(19(15)22(25)28-6-2)23-20(24)14-8-10-16(26-3)17(12-14)27-4/h8,10,12-13H,5-7,9,11H2,1-4H3,(H,23,24)/t13-/m0/s1. The molecule has 2 aromatic rings. The smallest absolute Gasteiger partial charge is 0.341 e. The molecule has 0 radical (unpaired) electrons. The highest BCUT2D eigenvalue weighted by Crippen LogP contribution is 2.41. The van der Waals surface area contributed by atoms with Crippen LogP contribution in [0.3, 0.4) is 0 Å². The van der Waals surface area contributed by atoms with E-state index in [9.17, 15) is 9.59 Å². The third-order valence-electron chi connectivity index (χ3n) is 5.30. The molecule has 0 bridgehead atoms. The quantitative estimate of drug-likeness (QED) is 0.661. The topological polar surface area (TPSA) is 73.9 Å². The van der Waals surface area contributed by atoms with Crippen LogP contribution >= 0.6 is 11.3 Å². The van der Waals surface area contributed by atoms with Crippen molar-refractivity contribution in [1.82, 2.24) is 0 Å². The number of carbonyl (C=O) groups excluding carboxylic acids is 2. The molecule has 156 valence electrons. The van der Waals surface area contributed by atoms with E-state index in [1.54, 1.807) is 32.2 Å². The van der Waals surface area contributed by atoms with Crippen LogP contribution in [0.1, 0.15) is 57.8 Å². The van der Waals surface area contributed by atoms with Gasteiger partial charge >= 0.3 is 5.97 Å². The number of amides is 1. The van der Waals surface area contributed by atoms with Gasteiger partial charge in [0.25, 0.3) is 5.91 Å². The number of carbonyl (C=O) groups is 2. The van der Waals surface area contributed by atoms with E-state index in [0.717, 1.165) is 31.2 Å². The van der Waals surface area contributed by atoms with E-state index in [2.05, 4.69) is 12.2 Å². The Labute approximate surface area is 175 Å². The fourth-order valence-electron chi connectivity index (χ4n) is 3.66. The summed E-state index contributed by atoms with van der Waals surface area (Å²) in [5.41, 5.74) is 1.96. The number of hydrogen-bond donors (Lipinski definition) is 1. The summed E-state index contributed by atoms with van der Waals surface area (Å²) in [6.07, 6.45) is 3.94. The zero-order chi connectivity index (χ0) is 21.0. The maximum atomic E-state index is 12.9. The molecule has 0 fully saturated rings. The zero-order valence-electron chi connectivity index (χ0n) is 17.3. The van der Waals surface area contributed by atoms with Crippen LogP contribution in [0.4, 0.5) is 5.00 Å². The number of nitrogens with one attached hydrogen (secondary N) is 1. The lowest BCUT2D eigenvalue weighted by Gasteiger charge is -2.20. The summed E-state index contributed by atoms with van der Waals surface area (Å²) in [6, 6.07) is 4.98. The largest absolute Gasteiger partial charge is 0.493 e. The maximum absolute atomic E-state index is 12.9. The molecule has 1 amide bonds. The van der Waals surface area contributed by atoms with Gasteiger partial charge in [0.2, 0.25) is 0 Å². The molecule has 0 spiro atoms. The van der Waals surface area contributed by atoms with Gasteiger partial charge in [-0.3, -0.25) is 4.79 Å². The molecule has 1 aliphatic rings. The number of ether oxygens (including phenoxy) is 3. The number of methoxy groups -OCH3 is 2. The van der Waals surface area contributed by atoms with E-state index >= 15 is 0 Å². The second-order valence-electron chi connectivity index (χ2n) is 6.97. The monoisotopic (exact) mass is 417 g/mol. The second kappa shape index (κ2) is 9.31. The van der Waals surface area contributed by atoms with Crippen LogP contribution in [0.25, 0.3) is 0 Å². The van der Waals surface area contributed by atoms with Crippen molar-refractivity contribution < 1.29 is 23.8 Å². The third-order valence-corrected chi connectivity index (χ3v) is 6.47. The number of fused-ring (bicyclic) bond motifs is 1. The summed E-state index contributed by atoms with van der Waals surface area (Å²) in [5.74, 6) is 0.964. The van der Waals surface area contributed by atoms with Crippen molar-refractivity contribution >= 4 is 28.2 Å². The van der Waals surface area contributed by atoms with Crippen LogP contribution in [-0.4, -0.2) is 32.7 Å². The van der Waals surface area contributed by atoms with Gasteiger partial charge in [-0.1, -0.05) is 13.3 Å². The SMILES string of the molecule is CCOC(=O)c1c(NC(=O)c2ccc(OC)c(OC)c2)sc2c1CC[C@H](CC)C2. The van der Waals surface area contributed by atoms with Crippen LogP contribution < -0.4 is 14.8 Å². The number of hydrogen-bond acceptors (Lipinski definition) is 6. The van der Waals surface area contributed by atoms with Gasteiger partial charge in [0.05, 0.1) is 26.4 Å². The van der Waals surface area contributed by atoms with Gasteiger partial charge in [0.15, 0.2) is 11.5 Å². The molecule has 3 rings (SSSR count). The average molecular weight is 418 g/mol. The van der Waals surface area contributed by atoms with Crippen molar-refractivity contribution in [2.75, 3.05) is 26.1 Å². The highest BCUT2D eigenvalue weighted by molar-refractivity contribution is 7.17. The highest BCUT2D eigenvalue weighted by Gasteiger charge is 2.30. The van der Waals surface area contributed by atoms with E-state index in [1.165, 1.54) is 23.3 Å². The second-order valence-corrected chi connectivity index (χ2v) is 8.07. The Balaban J connectivity index is 1.93. The number of thiophene rings is 1. The van der Waals surface area contributed by atoms with Crippen molar-refractivity contribution in [2.45, 2.75) is 39.5 Å². The molecule has 0 saturated heterocycles. The van der Waals surface area contributed by atoms with Gasteiger partial charge in [-0.2, -0.15) is 0 Å². The minimum Gasteiger partial charge on any atom is -0.493 e. The fraction of sp³-hybridized carbons (Fsp3) is 0.455. The van der Waals surface area contributed by atoms with Gasteiger partial charge in [-0.25, -0.2) is 4.79 Å². The van der Waals surface area contributed by atoms with Crippen molar-refractivity contribution in [3.63, 3.8) is 0 Å². The van der Waals surface area contributed by atoms with Gasteiger partial charge in [0, 0.05) is 10.4 Å². The normalized spacial score (nSPS) is 15.4. The molecule has 0 unspecified atom stereocenters. The van der Waals surface area contributed by atoms with Crippen LogP contribution in [0.5, 0.6) is 11.5 Å².